The van der Waals surface area contributed by atoms with Gasteiger partial charge < -0.3 is 18.9 Å². The minimum Gasteiger partial charge on any atom is -0.442 e. The van der Waals surface area contributed by atoms with E-state index in [9.17, 15) is 9.59 Å². The number of carbonyl (C=O) groups excluding carboxylic acids is 2. The molecule has 2 heterocycles. The van der Waals surface area contributed by atoms with E-state index in [0.29, 0.717) is 13.0 Å². The van der Waals surface area contributed by atoms with Gasteiger partial charge in [-0.3, -0.25) is 4.79 Å². The van der Waals surface area contributed by atoms with E-state index >= 15 is 0 Å². The van der Waals surface area contributed by atoms with E-state index in [0.717, 1.165) is 60.0 Å². The highest BCUT2D eigenvalue weighted by Crippen LogP contribution is 2.36. The largest absolute Gasteiger partial charge is 0.442 e. The number of carbonyl (C=O) groups is 2. The third-order valence-electron chi connectivity index (χ3n) is 6.78. The van der Waals surface area contributed by atoms with Crippen LogP contribution < -0.4 is 0 Å². The summed E-state index contributed by atoms with van der Waals surface area (Å²) in [5.74, 6) is 0.0931. The molecule has 8 heteroatoms. The smallest absolute Gasteiger partial charge is 0.435 e. The van der Waals surface area contributed by atoms with Gasteiger partial charge in [-0.1, -0.05) is 6.07 Å². The fourth-order valence-corrected chi connectivity index (χ4v) is 5.04. The van der Waals surface area contributed by atoms with Crippen molar-refractivity contribution in [1.29, 1.82) is 0 Å². The van der Waals surface area contributed by atoms with Gasteiger partial charge in [-0.2, -0.15) is 9.78 Å². The maximum Gasteiger partial charge on any atom is 0.435 e. The van der Waals surface area contributed by atoms with Crippen molar-refractivity contribution in [3.63, 3.8) is 0 Å². The highest BCUT2D eigenvalue weighted by atomic mass is 16.6. The zero-order valence-electron chi connectivity index (χ0n) is 21.0. The zero-order chi connectivity index (χ0) is 24.7. The molecular formula is C27H34N4O4. The van der Waals surface area contributed by atoms with Crippen LogP contribution in [-0.4, -0.2) is 62.6 Å². The average molecular weight is 479 g/mol. The van der Waals surface area contributed by atoms with Crippen molar-refractivity contribution in [1.82, 2.24) is 19.2 Å². The topological polar surface area (TPSA) is 78.6 Å². The van der Waals surface area contributed by atoms with E-state index in [1.807, 2.05) is 45.2 Å². The van der Waals surface area contributed by atoms with Gasteiger partial charge in [0.2, 0.25) is 0 Å². The molecule has 0 bridgehead atoms. The summed E-state index contributed by atoms with van der Waals surface area (Å²) in [5.41, 5.74) is 3.17. The van der Waals surface area contributed by atoms with Gasteiger partial charge in [0.05, 0.1) is 12.3 Å². The summed E-state index contributed by atoms with van der Waals surface area (Å²) in [5, 5.41) is 5.47. The zero-order valence-corrected chi connectivity index (χ0v) is 21.0. The van der Waals surface area contributed by atoms with Crippen molar-refractivity contribution < 1.29 is 19.1 Å². The Morgan fingerprint density at radius 3 is 2.66 bits per heavy atom. The van der Waals surface area contributed by atoms with Crippen LogP contribution in [0.15, 0.2) is 36.7 Å². The molecule has 2 aliphatic rings. The Hall–Kier alpha value is -3.13. The minimum atomic E-state index is -0.579. The molecule has 3 aromatic rings. The van der Waals surface area contributed by atoms with E-state index in [1.165, 1.54) is 4.68 Å². The number of nitrogens with zero attached hydrogens (tertiary/aromatic N) is 4. The van der Waals surface area contributed by atoms with Gasteiger partial charge in [-0.15, -0.1) is 0 Å². The molecule has 1 atom stereocenters. The van der Waals surface area contributed by atoms with Crippen LogP contribution in [0.25, 0.3) is 10.9 Å². The molecule has 0 saturated heterocycles. The Labute approximate surface area is 205 Å². The Morgan fingerprint density at radius 2 is 1.94 bits per heavy atom. The molecule has 2 aliphatic carbocycles. The summed E-state index contributed by atoms with van der Waals surface area (Å²) in [7, 11) is 1.70. The molecule has 2 aromatic heterocycles. The highest BCUT2D eigenvalue weighted by molar-refractivity contribution is 6.07. The average Bonchev–Trinajstić information content (AvgIpc) is 3.40. The molecule has 0 spiro atoms. The fraction of sp³-hybridized carbons (Fsp3) is 0.519. The van der Waals surface area contributed by atoms with Crippen molar-refractivity contribution >= 4 is 22.9 Å². The van der Waals surface area contributed by atoms with Crippen LogP contribution in [0.5, 0.6) is 0 Å². The molecule has 0 aliphatic heterocycles. The summed E-state index contributed by atoms with van der Waals surface area (Å²) in [6.45, 7) is 6.90. The van der Waals surface area contributed by atoms with E-state index in [-0.39, 0.29) is 18.0 Å². The second-order valence-electron chi connectivity index (χ2n) is 10.6. The van der Waals surface area contributed by atoms with Gasteiger partial charge in [-0.05, 0) is 76.6 Å². The van der Waals surface area contributed by atoms with Gasteiger partial charge in [0.25, 0.3) is 5.91 Å². The van der Waals surface area contributed by atoms with E-state index < -0.39 is 11.7 Å². The van der Waals surface area contributed by atoms with E-state index in [2.05, 4.69) is 20.6 Å². The SMILES string of the molecule is COCCn1ccc2c(C(=O)N(C3CC3)C3CCc4nn(C(=O)OC(C)(C)C)cc4C3)cccc21. The first-order valence-electron chi connectivity index (χ1n) is 12.5. The second kappa shape index (κ2) is 9.15. The van der Waals surface area contributed by atoms with Gasteiger partial charge in [0.1, 0.15) is 5.60 Å². The minimum absolute atomic E-state index is 0.0876. The molecule has 186 valence electrons. The molecule has 8 nitrogen and oxygen atoms in total. The van der Waals surface area contributed by atoms with E-state index in [4.69, 9.17) is 9.47 Å². The first-order valence-corrected chi connectivity index (χ1v) is 12.5. The lowest BCUT2D eigenvalue weighted by molar-refractivity contribution is 0.0513. The summed E-state index contributed by atoms with van der Waals surface area (Å²) in [6, 6.07) is 8.36. The number of hydrogen-bond acceptors (Lipinski definition) is 5. The van der Waals surface area contributed by atoms with Gasteiger partial charge in [0.15, 0.2) is 0 Å². The maximum atomic E-state index is 13.9. The van der Waals surface area contributed by atoms with Crippen LogP contribution in [0.2, 0.25) is 0 Å². The number of rotatable bonds is 6. The lowest BCUT2D eigenvalue weighted by atomic mass is 9.91. The standard InChI is InChI=1S/C27H34N4O4/c1-27(2,3)35-26(33)30-17-18-16-20(10-11-23(18)28-30)31(19-8-9-19)25(32)22-6-5-7-24-21(22)12-13-29(24)14-15-34-4/h5-7,12-13,17,19-20H,8-11,14-16H2,1-4H3. The molecular weight excluding hydrogens is 444 g/mol. The van der Waals surface area contributed by atoms with Crippen molar-refractivity contribution in [3.05, 3.63) is 53.5 Å². The molecule has 1 aromatic carbocycles. The van der Waals surface area contributed by atoms with Crippen LogP contribution >= 0.6 is 0 Å². The van der Waals surface area contributed by atoms with Gasteiger partial charge in [-0.25, -0.2) is 4.79 Å². The number of ether oxygens (including phenoxy) is 2. The van der Waals surface area contributed by atoms with Crippen LogP contribution in [0.3, 0.4) is 0 Å². The maximum absolute atomic E-state index is 13.9. The Kier molecular flexibility index (Phi) is 6.17. The number of aromatic nitrogens is 3. The van der Waals surface area contributed by atoms with Crippen molar-refractivity contribution in [2.45, 2.75) is 77.1 Å². The quantitative estimate of drug-likeness (QED) is 0.524. The predicted molar refractivity (Wildman–Crippen MR) is 133 cm³/mol. The lowest BCUT2D eigenvalue weighted by Crippen LogP contribution is -2.44. The van der Waals surface area contributed by atoms with Crippen LogP contribution in [0.4, 0.5) is 4.79 Å². The van der Waals surface area contributed by atoms with Crippen LogP contribution in [-0.2, 0) is 28.9 Å². The number of fused-ring (bicyclic) bond motifs is 2. The number of amides is 1. The summed E-state index contributed by atoms with van der Waals surface area (Å²) in [6.07, 6.45) is 7.69. The van der Waals surface area contributed by atoms with Crippen molar-refractivity contribution in [3.8, 4) is 0 Å². The Balaban J connectivity index is 1.39. The highest BCUT2D eigenvalue weighted by Gasteiger charge is 2.40. The summed E-state index contributed by atoms with van der Waals surface area (Å²) in [4.78, 5) is 28.5. The summed E-state index contributed by atoms with van der Waals surface area (Å²) >= 11 is 0. The van der Waals surface area contributed by atoms with Gasteiger partial charge >= 0.3 is 6.09 Å². The molecule has 0 radical (unpaired) electrons. The Morgan fingerprint density at radius 1 is 1.14 bits per heavy atom. The fourth-order valence-electron chi connectivity index (χ4n) is 5.04. The third kappa shape index (κ3) is 4.85. The lowest BCUT2D eigenvalue weighted by Gasteiger charge is -2.34. The van der Waals surface area contributed by atoms with Crippen molar-refractivity contribution in [2.75, 3.05) is 13.7 Å². The number of benzene rings is 1. The molecule has 5 rings (SSSR count). The molecule has 1 saturated carbocycles. The summed E-state index contributed by atoms with van der Waals surface area (Å²) < 4.78 is 14.2. The monoisotopic (exact) mass is 478 g/mol. The first kappa shape index (κ1) is 23.6. The van der Waals surface area contributed by atoms with Crippen molar-refractivity contribution in [2.24, 2.45) is 0 Å². The number of hydrogen-bond donors (Lipinski definition) is 0. The van der Waals surface area contributed by atoms with E-state index in [1.54, 1.807) is 13.3 Å². The number of aryl methyl sites for hydroxylation is 1. The van der Waals surface area contributed by atoms with Crippen LogP contribution in [0.1, 0.15) is 61.6 Å². The normalized spacial score (nSPS) is 17.9. The first-order chi connectivity index (χ1) is 16.7. The molecule has 1 unspecified atom stereocenters. The molecule has 0 N–H and O–H groups in total. The molecule has 1 amide bonds. The number of methoxy groups -OCH3 is 1. The van der Waals surface area contributed by atoms with Gasteiger partial charge in [0, 0.05) is 54.6 Å². The molecule has 35 heavy (non-hydrogen) atoms. The second-order valence-corrected chi connectivity index (χ2v) is 10.6. The van der Waals surface area contributed by atoms with Crippen LogP contribution in [0, 0.1) is 0 Å². The Bertz CT molecular complexity index is 1250. The molecule has 1 fully saturated rings. The third-order valence-corrected chi connectivity index (χ3v) is 6.78. The predicted octanol–water partition coefficient (Wildman–Crippen LogP) is 4.43.